The zero-order chi connectivity index (χ0) is 13.8. The number of carboxylic acid groups (broad SMARTS) is 1. The van der Waals surface area contributed by atoms with Crippen molar-refractivity contribution in [3.05, 3.63) is 46.5 Å². The molecule has 1 aromatic carbocycles. The van der Waals surface area contributed by atoms with Gasteiger partial charge in [-0.1, -0.05) is 37.3 Å². The van der Waals surface area contributed by atoms with Gasteiger partial charge >= 0.3 is 5.97 Å². The normalized spacial score (nSPS) is 12.1. The van der Waals surface area contributed by atoms with E-state index in [-0.39, 0.29) is 5.69 Å². The summed E-state index contributed by atoms with van der Waals surface area (Å²) < 4.78 is 0. The summed E-state index contributed by atoms with van der Waals surface area (Å²) in [6.45, 7) is 4.63. The van der Waals surface area contributed by atoms with Crippen molar-refractivity contribution in [3.8, 4) is 0 Å². The molecule has 0 aliphatic heterocycles. The fraction of sp³-hybridized carbons (Fsp3) is 0.286. The van der Waals surface area contributed by atoms with Gasteiger partial charge in [-0.25, -0.2) is 9.78 Å². The summed E-state index contributed by atoms with van der Waals surface area (Å²) in [5.41, 5.74) is 1.39. The average molecular weight is 276 g/mol. The van der Waals surface area contributed by atoms with E-state index in [9.17, 15) is 4.79 Å². The second kappa shape index (κ2) is 5.84. The molecule has 0 saturated heterocycles. The number of aromatic nitrogens is 1. The van der Waals surface area contributed by atoms with E-state index in [2.05, 4.69) is 29.4 Å². The fourth-order valence-electron chi connectivity index (χ4n) is 1.81. The van der Waals surface area contributed by atoms with Gasteiger partial charge in [-0.15, -0.1) is 11.3 Å². The number of aryl methyl sites for hydroxylation is 1. The molecule has 0 radical (unpaired) electrons. The molecule has 100 valence electrons. The number of aromatic carboxylic acids is 1. The first-order valence-electron chi connectivity index (χ1n) is 6.07. The molecule has 1 heterocycles. The first kappa shape index (κ1) is 13.5. The van der Waals surface area contributed by atoms with Gasteiger partial charge in [0, 0.05) is 11.4 Å². The molecule has 1 atom stereocenters. The van der Waals surface area contributed by atoms with Gasteiger partial charge in [0.2, 0.25) is 0 Å². The zero-order valence-electron chi connectivity index (χ0n) is 10.9. The van der Waals surface area contributed by atoms with Gasteiger partial charge in [-0.2, -0.15) is 0 Å². The summed E-state index contributed by atoms with van der Waals surface area (Å²) in [6.07, 6.45) is 0. The molecule has 2 aromatic rings. The number of rotatable bonds is 5. The summed E-state index contributed by atoms with van der Waals surface area (Å²) in [7, 11) is 0. The lowest BCUT2D eigenvalue weighted by atomic mass is 10.0. The first-order valence-corrected chi connectivity index (χ1v) is 6.89. The number of thiazole rings is 1. The lowest BCUT2D eigenvalue weighted by molar-refractivity contribution is 0.0690. The highest BCUT2D eigenvalue weighted by Gasteiger charge is 2.14. The Labute approximate surface area is 116 Å². The molecule has 19 heavy (non-hydrogen) atoms. The van der Waals surface area contributed by atoms with Gasteiger partial charge in [-0.3, -0.25) is 0 Å². The van der Waals surface area contributed by atoms with Crippen LogP contribution in [0.4, 0.5) is 5.13 Å². The van der Waals surface area contributed by atoms with E-state index in [0.717, 1.165) is 11.4 Å². The predicted molar refractivity (Wildman–Crippen MR) is 77.2 cm³/mol. The number of benzene rings is 1. The number of carboxylic acids is 1. The van der Waals surface area contributed by atoms with Crippen molar-refractivity contribution in [2.24, 2.45) is 0 Å². The van der Waals surface area contributed by atoms with Crippen molar-refractivity contribution in [1.29, 1.82) is 0 Å². The molecule has 0 saturated carbocycles. The Morgan fingerprint density at radius 2 is 2.11 bits per heavy atom. The van der Waals surface area contributed by atoms with Crippen LogP contribution in [-0.4, -0.2) is 22.6 Å². The van der Waals surface area contributed by atoms with Crippen molar-refractivity contribution in [2.45, 2.75) is 19.8 Å². The van der Waals surface area contributed by atoms with Crippen LogP contribution in [0.5, 0.6) is 0 Å². The molecular formula is C14H16N2O2S. The third-order valence-corrected chi connectivity index (χ3v) is 3.86. The van der Waals surface area contributed by atoms with Gasteiger partial charge < -0.3 is 10.4 Å². The Morgan fingerprint density at radius 1 is 1.42 bits per heavy atom. The van der Waals surface area contributed by atoms with Crippen LogP contribution in [-0.2, 0) is 0 Å². The van der Waals surface area contributed by atoms with E-state index < -0.39 is 5.97 Å². The smallest absolute Gasteiger partial charge is 0.355 e. The van der Waals surface area contributed by atoms with Crippen molar-refractivity contribution < 1.29 is 9.90 Å². The Balaban J connectivity index is 1.99. The van der Waals surface area contributed by atoms with Gasteiger partial charge in [0.15, 0.2) is 10.8 Å². The van der Waals surface area contributed by atoms with E-state index in [0.29, 0.717) is 11.0 Å². The van der Waals surface area contributed by atoms with Crippen LogP contribution in [0.3, 0.4) is 0 Å². The number of hydrogen-bond donors (Lipinski definition) is 2. The van der Waals surface area contributed by atoms with Crippen LogP contribution in [0, 0.1) is 6.92 Å². The second-order valence-corrected chi connectivity index (χ2v) is 5.62. The Kier molecular flexibility index (Phi) is 4.16. The first-order chi connectivity index (χ1) is 9.08. The monoisotopic (exact) mass is 276 g/mol. The summed E-state index contributed by atoms with van der Waals surface area (Å²) in [4.78, 5) is 15.7. The second-order valence-electron chi connectivity index (χ2n) is 4.42. The van der Waals surface area contributed by atoms with E-state index in [4.69, 9.17) is 5.11 Å². The minimum absolute atomic E-state index is 0.139. The van der Waals surface area contributed by atoms with Gasteiger partial charge in [0.1, 0.15) is 0 Å². The predicted octanol–water partition coefficient (Wildman–Crippen LogP) is 3.37. The van der Waals surface area contributed by atoms with Crippen LogP contribution in [0.1, 0.15) is 33.8 Å². The van der Waals surface area contributed by atoms with Crippen LogP contribution in [0.25, 0.3) is 0 Å². The number of hydrogen-bond acceptors (Lipinski definition) is 4. The zero-order valence-corrected chi connectivity index (χ0v) is 11.7. The van der Waals surface area contributed by atoms with Crippen molar-refractivity contribution in [3.63, 3.8) is 0 Å². The highest BCUT2D eigenvalue weighted by Crippen LogP contribution is 2.23. The maximum absolute atomic E-state index is 10.9. The minimum Gasteiger partial charge on any atom is -0.476 e. The molecule has 1 aromatic heterocycles. The standard InChI is InChI=1S/C14H16N2O2S/c1-9(11-6-4-3-5-7-11)8-15-14-16-12(13(17)18)10(2)19-14/h3-7,9H,8H2,1-2H3,(H,15,16)(H,17,18). The van der Waals surface area contributed by atoms with Crippen LogP contribution in [0.2, 0.25) is 0 Å². The minimum atomic E-state index is -0.974. The SMILES string of the molecule is Cc1sc(NCC(C)c2ccccc2)nc1C(=O)O. The maximum Gasteiger partial charge on any atom is 0.355 e. The molecule has 0 bridgehead atoms. The Morgan fingerprint density at radius 3 is 2.68 bits per heavy atom. The van der Waals surface area contributed by atoms with Crippen molar-refractivity contribution in [2.75, 3.05) is 11.9 Å². The molecule has 4 nitrogen and oxygen atoms in total. The van der Waals surface area contributed by atoms with Gasteiger partial charge in [-0.05, 0) is 18.4 Å². The van der Waals surface area contributed by atoms with E-state index in [1.807, 2.05) is 18.2 Å². The molecule has 5 heteroatoms. The summed E-state index contributed by atoms with van der Waals surface area (Å²) in [5.74, 6) is -0.628. The molecule has 0 spiro atoms. The van der Waals surface area contributed by atoms with Crippen LogP contribution < -0.4 is 5.32 Å². The summed E-state index contributed by atoms with van der Waals surface area (Å²) in [5, 5.41) is 12.8. The third-order valence-electron chi connectivity index (χ3n) is 2.93. The number of nitrogens with one attached hydrogen (secondary N) is 1. The van der Waals surface area contributed by atoms with Crippen molar-refractivity contribution >= 4 is 22.4 Å². The largest absolute Gasteiger partial charge is 0.476 e. The quantitative estimate of drug-likeness (QED) is 0.879. The van der Waals surface area contributed by atoms with Crippen LogP contribution >= 0.6 is 11.3 Å². The van der Waals surface area contributed by atoms with Crippen LogP contribution in [0.15, 0.2) is 30.3 Å². The molecule has 2 rings (SSSR count). The third kappa shape index (κ3) is 3.32. The van der Waals surface area contributed by atoms with Gasteiger partial charge in [0.25, 0.3) is 0 Å². The summed E-state index contributed by atoms with van der Waals surface area (Å²) in [6, 6.07) is 10.2. The highest BCUT2D eigenvalue weighted by molar-refractivity contribution is 7.15. The molecule has 0 fully saturated rings. The summed E-state index contributed by atoms with van der Waals surface area (Å²) >= 11 is 1.38. The lowest BCUT2D eigenvalue weighted by Crippen LogP contribution is -2.09. The van der Waals surface area contributed by atoms with Crippen molar-refractivity contribution in [1.82, 2.24) is 4.98 Å². The van der Waals surface area contributed by atoms with E-state index in [1.54, 1.807) is 6.92 Å². The molecule has 2 N–H and O–H groups in total. The van der Waals surface area contributed by atoms with E-state index >= 15 is 0 Å². The maximum atomic E-state index is 10.9. The average Bonchev–Trinajstić information content (AvgIpc) is 2.78. The number of nitrogens with zero attached hydrogens (tertiary/aromatic N) is 1. The molecule has 0 aliphatic carbocycles. The molecule has 1 unspecified atom stereocenters. The Hall–Kier alpha value is -1.88. The van der Waals surface area contributed by atoms with Gasteiger partial charge in [0.05, 0.1) is 0 Å². The van der Waals surface area contributed by atoms with E-state index in [1.165, 1.54) is 16.9 Å². The molecular weight excluding hydrogens is 260 g/mol. The topological polar surface area (TPSA) is 62.2 Å². The number of anilines is 1. The molecule has 0 aliphatic rings. The Bertz CT molecular complexity index is 566. The molecule has 0 amide bonds. The highest BCUT2D eigenvalue weighted by atomic mass is 32.1. The number of carbonyl (C=O) groups is 1. The lowest BCUT2D eigenvalue weighted by Gasteiger charge is -2.12. The fourth-order valence-corrected chi connectivity index (χ4v) is 2.62.